The van der Waals surface area contributed by atoms with Crippen molar-refractivity contribution in [3.05, 3.63) is 29.8 Å². The van der Waals surface area contributed by atoms with Gasteiger partial charge in [-0.2, -0.15) is 13.8 Å². The van der Waals surface area contributed by atoms with E-state index in [9.17, 15) is 0 Å². The lowest BCUT2D eigenvalue weighted by Gasteiger charge is -2.15. The molecule has 2 heterocycles. The molecule has 5 nitrogen and oxygen atoms in total. The summed E-state index contributed by atoms with van der Waals surface area (Å²) in [6, 6.07) is 2.81. The first kappa shape index (κ1) is 15.1. The molecule has 0 amide bonds. The third-order valence-corrected chi connectivity index (χ3v) is 4.07. The average Bonchev–Trinajstić information content (AvgIpc) is 3.11. The Hall–Kier alpha value is -1.27. The molecule has 0 spiro atoms. The van der Waals surface area contributed by atoms with Crippen molar-refractivity contribution in [2.75, 3.05) is 6.54 Å². The van der Waals surface area contributed by atoms with E-state index in [0.717, 1.165) is 37.2 Å². The molecule has 6 heteroatoms. The van der Waals surface area contributed by atoms with Gasteiger partial charge < -0.3 is 5.32 Å². The van der Waals surface area contributed by atoms with Gasteiger partial charge in [-0.3, -0.25) is 4.68 Å². The van der Waals surface area contributed by atoms with Crippen LogP contribution in [0.3, 0.4) is 0 Å². The second-order valence-corrected chi connectivity index (χ2v) is 5.46. The van der Waals surface area contributed by atoms with Gasteiger partial charge in [-0.15, -0.1) is 0 Å². The fourth-order valence-corrected chi connectivity index (χ4v) is 2.89. The van der Waals surface area contributed by atoms with Crippen LogP contribution in [-0.4, -0.2) is 25.1 Å². The van der Waals surface area contributed by atoms with Crippen LogP contribution >= 0.6 is 11.7 Å². The number of hydrogen-bond acceptors (Lipinski definition) is 5. The van der Waals surface area contributed by atoms with E-state index in [-0.39, 0.29) is 6.04 Å². The average molecular weight is 293 g/mol. The van der Waals surface area contributed by atoms with Crippen LogP contribution < -0.4 is 5.32 Å². The van der Waals surface area contributed by atoms with Crippen molar-refractivity contribution in [3.8, 4) is 0 Å². The van der Waals surface area contributed by atoms with Crippen molar-refractivity contribution in [1.82, 2.24) is 23.8 Å². The summed E-state index contributed by atoms with van der Waals surface area (Å²) in [4.78, 5) is 0. The summed E-state index contributed by atoms with van der Waals surface area (Å²) in [5.41, 5.74) is 2.12. The van der Waals surface area contributed by atoms with E-state index in [4.69, 9.17) is 5.10 Å². The van der Waals surface area contributed by atoms with Crippen molar-refractivity contribution < 1.29 is 0 Å². The Morgan fingerprint density at radius 2 is 2.10 bits per heavy atom. The lowest BCUT2D eigenvalue weighted by molar-refractivity contribution is 0.422. The highest BCUT2D eigenvalue weighted by molar-refractivity contribution is 6.99. The number of hydrogen-bond donors (Lipinski definition) is 1. The lowest BCUT2D eigenvalue weighted by Crippen LogP contribution is -2.23. The molecule has 2 aromatic heterocycles. The fourth-order valence-electron chi connectivity index (χ4n) is 2.41. The first-order chi connectivity index (χ1) is 9.78. The normalized spacial score (nSPS) is 13.0. The van der Waals surface area contributed by atoms with Crippen LogP contribution in [0.5, 0.6) is 0 Å². The summed E-state index contributed by atoms with van der Waals surface area (Å²) in [5, 5.41) is 8.17. The van der Waals surface area contributed by atoms with E-state index in [1.165, 1.54) is 11.7 Å². The molecule has 2 rings (SSSR count). The zero-order valence-electron chi connectivity index (χ0n) is 12.4. The molecule has 2 aromatic rings. The Kier molecular flexibility index (Phi) is 5.67. The summed E-state index contributed by atoms with van der Waals surface area (Å²) < 4.78 is 10.5. The molecule has 0 bridgehead atoms. The molecular weight excluding hydrogens is 270 g/mol. The molecule has 0 fully saturated rings. The molecule has 110 valence electrons. The van der Waals surface area contributed by atoms with Gasteiger partial charge in [-0.25, -0.2) is 0 Å². The van der Waals surface area contributed by atoms with E-state index < -0.39 is 0 Å². The van der Waals surface area contributed by atoms with E-state index in [1.807, 2.05) is 6.20 Å². The van der Waals surface area contributed by atoms with Crippen molar-refractivity contribution in [1.29, 1.82) is 0 Å². The molecule has 0 saturated carbocycles. The van der Waals surface area contributed by atoms with Gasteiger partial charge in [0.2, 0.25) is 0 Å². The summed E-state index contributed by atoms with van der Waals surface area (Å²) in [7, 11) is 0. The molecule has 1 unspecified atom stereocenters. The Bertz CT molecular complexity index is 489. The van der Waals surface area contributed by atoms with Gasteiger partial charge in [0.05, 0.1) is 41.4 Å². The fraction of sp³-hybridized carbons (Fsp3) is 0.643. The van der Waals surface area contributed by atoms with Crippen LogP contribution in [0, 0.1) is 0 Å². The van der Waals surface area contributed by atoms with Gasteiger partial charge in [0.25, 0.3) is 0 Å². The second-order valence-electron chi connectivity index (χ2n) is 4.90. The smallest absolute Gasteiger partial charge is 0.0916 e. The monoisotopic (exact) mass is 293 g/mol. The highest BCUT2D eigenvalue weighted by atomic mass is 32.1. The summed E-state index contributed by atoms with van der Waals surface area (Å²) >= 11 is 1.26. The van der Waals surface area contributed by atoms with Crippen molar-refractivity contribution in [3.63, 3.8) is 0 Å². The molecule has 20 heavy (non-hydrogen) atoms. The molecule has 1 atom stereocenters. The van der Waals surface area contributed by atoms with Crippen LogP contribution in [0.4, 0.5) is 0 Å². The molecule has 0 aliphatic carbocycles. The molecule has 1 N–H and O–H groups in total. The first-order valence-corrected chi connectivity index (χ1v) is 8.06. The SMILES string of the molecule is CCNC(Cc1ccn(C(CC)CC)n1)c1cnsn1. The van der Waals surface area contributed by atoms with Gasteiger partial charge in [0, 0.05) is 12.6 Å². The molecule has 0 radical (unpaired) electrons. The number of nitrogens with zero attached hydrogens (tertiary/aromatic N) is 4. The van der Waals surface area contributed by atoms with Crippen LogP contribution in [-0.2, 0) is 6.42 Å². The zero-order chi connectivity index (χ0) is 14.4. The van der Waals surface area contributed by atoms with Crippen LogP contribution in [0.1, 0.15) is 57.1 Å². The van der Waals surface area contributed by atoms with Gasteiger partial charge >= 0.3 is 0 Å². The maximum Gasteiger partial charge on any atom is 0.0916 e. The number of aromatic nitrogens is 4. The predicted octanol–water partition coefficient (Wildman–Crippen LogP) is 2.99. The molecule has 0 saturated heterocycles. The number of nitrogens with one attached hydrogen (secondary N) is 1. The minimum atomic E-state index is 0.198. The van der Waals surface area contributed by atoms with Gasteiger partial charge in [-0.1, -0.05) is 20.8 Å². The zero-order valence-corrected chi connectivity index (χ0v) is 13.2. The lowest BCUT2D eigenvalue weighted by atomic mass is 10.1. The van der Waals surface area contributed by atoms with Crippen molar-refractivity contribution in [2.24, 2.45) is 0 Å². The number of likely N-dealkylation sites (N-methyl/N-ethyl adjacent to an activating group) is 1. The summed E-state index contributed by atoms with van der Waals surface area (Å²) in [6.45, 7) is 7.43. The number of rotatable bonds is 8. The molecule has 0 aliphatic rings. The minimum absolute atomic E-state index is 0.198. The van der Waals surface area contributed by atoms with Gasteiger partial charge in [0.15, 0.2) is 0 Å². The molecular formula is C14H23N5S. The third kappa shape index (κ3) is 3.64. The third-order valence-electron chi connectivity index (χ3n) is 3.58. The van der Waals surface area contributed by atoms with E-state index >= 15 is 0 Å². The second kappa shape index (κ2) is 7.50. The first-order valence-electron chi connectivity index (χ1n) is 7.33. The molecule has 0 aromatic carbocycles. The van der Waals surface area contributed by atoms with Crippen LogP contribution in [0.25, 0.3) is 0 Å². The topological polar surface area (TPSA) is 55.6 Å². The standard InChI is InChI=1S/C14H23N5S/c1-4-12(5-2)19-8-7-11(17-19)9-13(15-6-3)14-10-16-20-18-14/h7-8,10,12-13,15H,4-6,9H2,1-3H3. The maximum atomic E-state index is 4.72. The van der Waals surface area contributed by atoms with Crippen molar-refractivity contribution >= 4 is 11.7 Å². The Morgan fingerprint density at radius 1 is 1.30 bits per heavy atom. The summed E-state index contributed by atoms with van der Waals surface area (Å²) in [6.07, 6.45) is 7.02. The van der Waals surface area contributed by atoms with Crippen LogP contribution in [0.15, 0.2) is 18.5 Å². The molecule has 0 aliphatic heterocycles. The Morgan fingerprint density at radius 3 is 2.70 bits per heavy atom. The largest absolute Gasteiger partial charge is 0.309 e. The predicted molar refractivity (Wildman–Crippen MR) is 81.9 cm³/mol. The van der Waals surface area contributed by atoms with Gasteiger partial charge in [0.1, 0.15) is 0 Å². The van der Waals surface area contributed by atoms with Gasteiger partial charge in [-0.05, 0) is 25.5 Å². The minimum Gasteiger partial charge on any atom is -0.309 e. The van der Waals surface area contributed by atoms with Crippen LogP contribution in [0.2, 0.25) is 0 Å². The van der Waals surface area contributed by atoms with E-state index in [0.29, 0.717) is 6.04 Å². The quantitative estimate of drug-likeness (QED) is 0.813. The van der Waals surface area contributed by atoms with E-state index in [1.54, 1.807) is 0 Å². The van der Waals surface area contributed by atoms with E-state index in [2.05, 4.69) is 51.8 Å². The Balaban J connectivity index is 2.07. The Labute approximate surface area is 124 Å². The summed E-state index contributed by atoms with van der Waals surface area (Å²) in [5.74, 6) is 0. The maximum absolute atomic E-state index is 4.72. The highest BCUT2D eigenvalue weighted by Crippen LogP contribution is 2.19. The van der Waals surface area contributed by atoms with Crippen molar-refractivity contribution in [2.45, 2.75) is 52.1 Å². The highest BCUT2D eigenvalue weighted by Gasteiger charge is 2.16.